The quantitative estimate of drug-likeness (QED) is 0.471. The van der Waals surface area contributed by atoms with Gasteiger partial charge in [0, 0.05) is 7.05 Å². The van der Waals surface area contributed by atoms with E-state index < -0.39 is 5.97 Å². The van der Waals surface area contributed by atoms with Gasteiger partial charge < -0.3 is 4.74 Å². The average Bonchev–Trinajstić information content (AvgIpc) is 3.20. The van der Waals surface area contributed by atoms with Gasteiger partial charge in [-0.25, -0.2) is 4.79 Å². The fraction of sp³-hybridized carbons (Fsp3) is 0.176. The van der Waals surface area contributed by atoms with Gasteiger partial charge in [-0.1, -0.05) is 34.8 Å². The van der Waals surface area contributed by atoms with Crippen molar-refractivity contribution in [1.29, 1.82) is 0 Å². The molecule has 0 spiro atoms. The third-order valence-corrected chi connectivity index (χ3v) is 5.64. The predicted molar refractivity (Wildman–Crippen MR) is 104 cm³/mol. The van der Waals surface area contributed by atoms with Gasteiger partial charge in [-0.3, -0.25) is 13.8 Å². The zero-order valence-electron chi connectivity index (χ0n) is 14.2. The molecular formula is C17H12Cl2N4O3S. The molecule has 0 aliphatic heterocycles. The second-order valence-corrected chi connectivity index (χ2v) is 8.24. The Bertz CT molecular complexity index is 1270. The van der Waals surface area contributed by atoms with Crippen LogP contribution in [-0.4, -0.2) is 25.1 Å². The lowest BCUT2D eigenvalue weighted by Gasteiger charge is -2.09. The summed E-state index contributed by atoms with van der Waals surface area (Å²) in [6, 6.07) is 6.98. The Kier molecular flexibility index (Phi) is 4.41. The Morgan fingerprint density at radius 1 is 1.26 bits per heavy atom. The molecule has 0 bridgehead atoms. The van der Waals surface area contributed by atoms with Crippen molar-refractivity contribution in [3.63, 3.8) is 0 Å². The monoisotopic (exact) mass is 422 g/mol. The lowest BCUT2D eigenvalue weighted by Crippen LogP contribution is -2.20. The summed E-state index contributed by atoms with van der Waals surface area (Å²) in [5, 5.41) is 8.68. The number of hydrogen-bond donors (Lipinski definition) is 0. The minimum absolute atomic E-state index is 0.134. The topological polar surface area (TPSA) is 78.5 Å². The van der Waals surface area contributed by atoms with Crippen molar-refractivity contribution in [1.82, 2.24) is 19.2 Å². The maximum absolute atomic E-state index is 12.6. The number of ether oxygens (including phenoxy) is 1. The van der Waals surface area contributed by atoms with Gasteiger partial charge in [-0.05, 0) is 25.1 Å². The maximum Gasteiger partial charge on any atom is 0.341 e. The number of carbonyl (C=O) groups excluding carboxylic acids is 1. The van der Waals surface area contributed by atoms with Crippen molar-refractivity contribution in [2.24, 2.45) is 7.05 Å². The van der Waals surface area contributed by atoms with Crippen LogP contribution in [0.3, 0.4) is 0 Å². The van der Waals surface area contributed by atoms with Crippen molar-refractivity contribution in [3.05, 3.63) is 60.2 Å². The molecule has 0 radical (unpaired) electrons. The van der Waals surface area contributed by atoms with E-state index in [-0.39, 0.29) is 22.1 Å². The highest BCUT2D eigenvalue weighted by atomic mass is 35.5. The number of aryl methyl sites for hydroxylation is 2. The van der Waals surface area contributed by atoms with Gasteiger partial charge in [0.15, 0.2) is 12.4 Å². The first-order valence-corrected chi connectivity index (χ1v) is 9.39. The summed E-state index contributed by atoms with van der Waals surface area (Å²) in [4.78, 5) is 24.8. The van der Waals surface area contributed by atoms with Crippen LogP contribution in [0.4, 0.5) is 0 Å². The van der Waals surface area contributed by atoms with Crippen molar-refractivity contribution in [2.75, 3.05) is 0 Å². The minimum atomic E-state index is -0.607. The first-order valence-electron chi connectivity index (χ1n) is 7.82. The molecule has 0 saturated carbocycles. The zero-order valence-corrected chi connectivity index (χ0v) is 16.5. The summed E-state index contributed by atoms with van der Waals surface area (Å²) in [6.45, 7) is 1.78. The van der Waals surface area contributed by atoms with Gasteiger partial charge in [-0.2, -0.15) is 0 Å². The number of esters is 1. The van der Waals surface area contributed by atoms with E-state index in [0.29, 0.717) is 26.8 Å². The number of halogens is 2. The summed E-state index contributed by atoms with van der Waals surface area (Å²) in [5.41, 5.74) is 1.64. The van der Waals surface area contributed by atoms with Crippen LogP contribution in [0.5, 0.6) is 0 Å². The molecule has 0 amide bonds. The van der Waals surface area contributed by atoms with Crippen LogP contribution in [0.25, 0.3) is 16.7 Å². The number of carbonyl (C=O) groups is 1. The van der Waals surface area contributed by atoms with E-state index >= 15 is 0 Å². The fourth-order valence-electron chi connectivity index (χ4n) is 2.84. The number of rotatable bonds is 3. The number of thiophene rings is 1. The highest BCUT2D eigenvalue weighted by Crippen LogP contribution is 2.31. The normalized spacial score (nSPS) is 11.4. The number of hydrogen-bond acceptors (Lipinski definition) is 6. The molecule has 0 fully saturated rings. The van der Waals surface area contributed by atoms with E-state index in [4.69, 9.17) is 27.9 Å². The lowest BCUT2D eigenvalue weighted by atomic mass is 10.1. The summed E-state index contributed by atoms with van der Waals surface area (Å²) in [5.74, 6) is 0.143. The Balaban J connectivity index is 1.77. The van der Waals surface area contributed by atoms with Crippen molar-refractivity contribution < 1.29 is 9.53 Å². The van der Waals surface area contributed by atoms with E-state index in [2.05, 4.69) is 10.2 Å². The third kappa shape index (κ3) is 2.99. The first-order chi connectivity index (χ1) is 12.9. The van der Waals surface area contributed by atoms with Gasteiger partial charge in [-0.15, -0.1) is 21.5 Å². The van der Waals surface area contributed by atoms with Crippen LogP contribution in [-0.2, 0) is 18.4 Å². The van der Waals surface area contributed by atoms with Crippen molar-refractivity contribution in [2.45, 2.75) is 13.5 Å². The van der Waals surface area contributed by atoms with E-state index in [1.807, 2.05) is 19.1 Å². The standard InChI is InChI=1S/C17H12Cl2N4O3S/c1-8-3-4-11-9(5-8)15(24)22(2)17-21-20-13(23(11)17)7-26-16(25)10-6-12(18)27-14(10)19/h3-6H,7H2,1-2H3. The molecule has 1 aromatic carbocycles. The molecule has 138 valence electrons. The molecule has 27 heavy (non-hydrogen) atoms. The Morgan fingerprint density at radius 2 is 2.04 bits per heavy atom. The molecule has 0 N–H and O–H groups in total. The maximum atomic E-state index is 12.6. The highest BCUT2D eigenvalue weighted by molar-refractivity contribution is 7.20. The number of benzene rings is 1. The molecule has 0 unspecified atom stereocenters. The van der Waals surface area contributed by atoms with E-state index in [1.165, 1.54) is 10.6 Å². The van der Waals surface area contributed by atoms with Gasteiger partial charge in [0.05, 0.1) is 20.8 Å². The van der Waals surface area contributed by atoms with Crippen LogP contribution in [0.1, 0.15) is 21.7 Å². The summed E-state index contributed by atoms with van der Waals surface area (Å²) < 4.78 is 9.11. The van der Waals surface area contributed by atoms with Gasteiger partial charge in [0.2, 0.25) is 5.78 Å². The van der Waals surface area contributed by atoms with Crippen LogP contribution < -0.4 is 5.56 Å². The largest absolute Gasteiger partial charge is 0.454 e. The fourth-order valence-corrected chi connectivity index (χ4v) is 4.28. The highest BCUT2D eigenvalue weighted by Gasteiger charge is 2.19. The molecule has 7 nitrogen and oxygen atoms in total. The molecule has 4 aromatic rings. The molecule has 10 heteroatoms. The van der Waals surface area contributed by atoms with Crippen LogP contribution in [0, 0.1) is 6.92 Å². The van der Waals surface area contributed by atoms with Gasteiger partial charge in [0.1, 0.15) is 4.34 Å². The van der Waals surface area contributed by atoms with E-state index in [1.54, 1.807) is 17.5 Å². The van der Waals surface area contributed by atoms with Crippen LogP contribution in [0.2, 0.25) is 8.67 Å². The van der Waals surface area contributed by atoms with Gasteiger partial charge >= 0.3 is 5.97 Å². The molecule has 0 aliphatic carbocycles. The Morgan fingerprint density at radius 3 is 2.74 bits per heavy atom. The molecule has 0 aliphatic rings. The second kappa shape index (κ2) is 6.63. The Hall–Kier alpha value is -2.42. The number of nitrogens with zero attached hydrogens (tertiary/aromatic N) is 4. The first kappa shape index (κ1) is 18.0. The van der Waals surface area contributed by atoms with Crippen LogP contribution >= 0.6 is 34.5 Å². The molecule has 3 heterocycles. The molecule has 3 aromatic heterocycles. The predicted octanol–water partition coefficient (Wildman–Crippen LogP) is 3.61. The molecule has 4 rings (SSSR count). The second-order valence-electron chi connectivity index (χ2n) is 5.95. The van der Waals surface area contributed by atoms with E-state index in [0.717, 1.165) is 16.9 Å². The SMILES string of the molecule is Cc1ccc2c(c1)c(=O)n(C)c1nnc(COC(=O)c3cc(Cl)sc3Cl)n21. The molecular weight excluding hydrogens is 411 g/mol. The molecule has 0 saturated heterocycles. The third-order valence-electron chi connectivity index (χ3n) is 4.15. The van der Waals surface area contributed by atoms with Gasteiger partial charge in [0.25, 0.3) is 5.56 Å². The van der Waals surface area contributed by atoms with Crippen LogP contribution in [0.15, 0.2) is 29.1 Å². The summed E-state index contributed by atoms with van der Waals surface area (Å²) >= 11 is 12.9. The summed E-state index contributed by atoms with van der Waals surface area (Å²) in [6.07, 6.45) is 0. The smallest absolute Gasteiger partial charge is 0.341 e. The average molecular weight is 423 g/mol. The number of aromatic nitrogens is 4. The lowest BCUT2D eigenvalue weighted by molar-refractivity contribution is 0.0462. The van der Waals surface area contributed by atoms with Crippen molar-refractivity contribution in [3.8, 4) is 0 Å². The van der Waals surface area contributed by atoms with Crippen molar-refractivity contribution >= 4 is 57.2 Å². The summed E-state index contributed by atoms with van der Waals surface area (Å²) in [7, 11) is 1.62. The number of fused-ring (bicyclic) bond motifs is 3. The van der Waals surface area contributed by atoms with E-state index in [9.17, 15) is 9.59 Å². The minimum Gasteiger partial charge on any atom is -0.454 e. The zero-order chi connectivity index (χ0) is 19.3. The molecule has 0 atom stereocenters. The Labute approximate surface area is 166 Å².